The number of rotatable bonds is 8. The molecule has 0 aliphatic carbocycles. The molecule has 144 valence electrons. The molecule has 1 amide bonds. The van der Waals surface area contributed by atoms with E-state index in [9.17, 15) is 4.79 Å². The fraction of sp³-hybridized carbons (Fsp3) is 0.227. The summed E-state index contributed by atoms with van der Waals surface area (Å²) in [5.74, 6) is 1.08. The van der Waals surface area contributed by atoms with Gasteiger partial charge in [0.2, 0.25) is 5.95 Å². The lowest BCUT2D eigenvalue weighted by molar-refractivity contribution is 0.0953. The number of hydrogen-bond acceptors (Lipinski definition) is 5. The number of aryl methyl sites for hydroxylation is 1. The van der Waals surface area contributed by atoms with Gasteiger partial charge in [-0.3, -0.25) is 4.79 Å². The molecule has 0 saturated heterocycles. The molecule has 0 atom stereocenters. The molecule has 0 bridgehead atoms. The largest absolute Gasteiger partial charge is 0.496 e. The van der Waals surface area contributed by atoms with Crippen molar-refractivity contribution in [2.45, 2.75) is 19.8 Å². The molecule has 0 aliphatic heterocycles. The van der Waals surface area contributed by atoms with E-state index in [1.807, 2.05) is 36.4 Å². The van der Waals surface area contributed by atoms with Crippen LogP contribution >= 0.6 is 0 Å². The van der Waals surface area contributed by atoms with Crippen LogP contribution < -0.4 is 15.4 Å². The Bertz CT molecular complexity index is 909. The lowest BCUT2D eigenvalue weighted by Gasteiger charge is -2.09. The fourth-order valence-corrected chi connectivity index (χ4v) is 2.78. The van der Waals surface area contributed by atoms with Crippen LogP contribution in [0.2, 0.25) is 0 Å². The molecule has 1 heterocycles. The van der Waals surface area contributed by atoms with Crippen molar-refractivity contribution >= 4 is 17.5 Å². The van der Waals surface area contributed by atoms with Gasteiger partial charge in [-0.05, 0) is 42.2 Å². The van der Waals surface area contributed by atoms with Crippen molar-refractivity contribution in [3.63, 3.8) is 0 Å². The maximum Gasteiger partial charge on any atom is 0.254 e. The van der Waals surface area contributed by atoms with Crippen LogP contribution in [0.1, 0.15) is 28.4 Å². The molecule has 0 aliphatic rings. The van der Waals surface area contributed by atoms with Crippen LogP contribution in [-0.4, -0.2) is 29.5 Å². The van der Waals surface area contributed by atoms with E-state index in [0.29, 0.717) is 24.5 Å². The zero-order chi connectivity index (χ0) is 19.8. The smallest absolute Gasteiger partial charge is 0.254 e. The predicted octanol–water partition coefficient (Wildman–Crippen LogP) is 3.76. The van der Waals surface area contributed by atoms with Crippen molar-refractivity contribution in [1.29, 1.82) is 0 Å². The van der Waals surface area contributed by atoms with Crippen LogP contribution in [0.15, 0.2) is 60.9 Å². The number of amides is 1. The van der Waals surface area contributed by atoms with Gasteiger partial charge >= 0.3 is 0 Å². The van der Waals surface area contributed by atoms with Crippen LogP contribution in [0.25, 0.3) is 0 Å². The Labute approximate surface area is 165 Å². The zero-order valence-electron chi connectivity index (χ0n) is 16.1. The third-order valence-electron chi connectivity index (χ3n) is 4.40. The van der Waals surface area contributed by atoms with Crippen LogP contribution in [0.3, 0.4) is 0 Å². The first-order chi connectivity index (χ1) is 13.7. The van der Waals surface area contributed by atoms with Crippen LogP contribution in [0.5, 0.6) is 5.75 Å². The average molecular weight is 376 g/mol. The summed E-state index contributed by atoms with van der Waals surface area (Å²) in [4.78, 5) is 20.7. The van der Waals surface area contributed by atoms with Crippen LogP contribution in [0.4, 0.5) is 11.6 Å². The number of methoxy groups -OCH3 is 1. The fourth-order valence-electron chi connectivity index (χ4n) is 2.78. The van der Waals surface area contributed by atoms with E-state index in [2.05, 4.69) is 39.7 Å². The van der Waals surface area contributed by atoms with Gasteiger partial charge in [-0.1, -0.05) is 37.3 Å². The van der Waals surface area contributed by atoms with E-state index in [1.54, 1.807) is 7.11 Å². The van der Waals surface area contributed by atoms with E-state index in [-0.39, 0.29) is 5.91 Å². The Hall–Kier alpha value is -3.41. The summed E-state index contributed by atoms with van der Waals surface area (Å²) in [6, 6.07) is 15.9. The monoisotopic (exact) mass is 376 g/mol. The number of nitrogens with zero attached hydrogens (tertiary/aromatic N) is 2. The van der Waals surface area contributed by atoms with Gasteiger partial charge in [0.05, 0.1) is 12.7 Å². The van der Waals surface area contributed by atoms with Gasteiger partial charge in [0, 0.05) is 24.6 Å². The van der Waals surface area contributed by atoms with Gasteiger partial charge in [-0.2, -0.15) is 0 Å². The topological polar surface area (TPSA) is 76.1 Å². The highest BCUT2D eigenvalue weighted by atomic mass is 16.5. The van der Waals surface area contributed by atoms with Crippen molar-refractivity contribution < 1.29 is 9.53 Å². The molecule has 0 saturated carbocycles. The lowest BCUT2D eigenvalue weighted by atomic mass is 10.1. The number of anilines is 2. The summed E-state index contributed by atoms with van der Waals surface area (Å²) in [6.07, 6.45) is 4.73. The summed E-state index contributed by atoms with van der Waals surface area (Å²) >= 11 is 0. The second-order valence-electron chi connectivity index (χ2n) is 6.29. The Morgan fingerprint density at radius 3 is 2.43 bits per heavy atom. The Kier molecular flexibility index (Phi) is 6.57. The molecule has 0 spiro atoms. The van der Waals surface area contributed by atoms with E-state index in [0.717, 1.165) is 23.4 Å². The first kappa shape index (κ1) is 19.4. The minimum atomic E-state index is -0.200. The highest BCUT2D eigenvalue weighted by Gasteiger charge is 2.08. The quantitative estimate of drug-likeness (QED) is 0.626. The number of benzene rings is 2. The molecular weight excluding hydrogens is 352 g/mol. The molecule has 6 nitrogen and oxygen atoms in total. The average Bonchev–Trinajstić information content (AvgIpc) is 2.75. The number of aromatic nitrogens is 2. The van der Waals surface area contributed by atoms with E-state index in [4.69, 9.17) is 4.74 Å². The molecule has 3 aromatic rings. The molecule has 3 rings (SSSR count). The van der Waals surface area contributed by atoms with E-state index in [1.165, 1.54) is 18.0 Å². The van der Waals surface area contributed by atoms with Gasteiger partial charge in [-0.15, -0.1) is 0 Å². The van der Waals surface area contributed by atoms with Gasteiger partial charge < -0.3 is 15.4 Å². The highest BCUT2D eigenvalue weighted by molar-refractivity contribution is 5.93. The summed E-state index contributed by atoms with van der Waals surface area (Å²) in [5, 5.41) is 6.02. The molecule has 2 aromatic carbocycles. The first-order valence-corrected chi connectivity index (χ1v) is 9.27. The van der Waals surface area contributed by atoms with E-state index < -0.39 is 0 Å². The summed E-state index contributed by atoms with van der Waals surface area (Å²) in [5.41, 5.74) is 3.65. The molecule has 28 heavy (non-hydrogen) atoms. The zero-order valence-corrected chi connectivity index (χ0v) is 16.1. The Balaban J connectivity index is 1.53. The van der Waals surface area contributed by atoms with Gasteiger partial charge in [0.1, 0.15) is 5.75 Å². The first-order valence-electron chi connectivity index (χ1n) is 9.27. The number of carbonyl (C=O) groups excluding carboxylic acids is 1. The number of nitrogens with one attached hydrogen (secondary N) is 2. The maximum atomic E-state index is 12.3. The van der Waals surface area contributed by atoms with Crippen molar-refractivity contribution in [1.82, 2.24) is 15.3 Å². The number of ether oxygens (including phenoxy) is 1. The van der Waals surface area contributed by atoms with Crippen molar-refractivity contribution in [3.05, 3.63) is 77.6 Å². The molecule has 0 unspecified atom stereocenters. The third-order valence-corrected chi connectivity index (χ3v) is 4.40. The maximum absolute atomic E-state index is 12.3. The predicted molar refractivity (Wildman–Crippen MR) is 110 cm³/mol. The molecule has 2 N–H and O–H groups in total. The summed E-state index contributed by atoms with van der Waals surface area (Å²) < 4.78 is 5.32. The van der Waals surface area contributed by atoms with Crippen LogP contribution in [0, 0.1) is 0 Å². The van der Waals surface area contributed by atoms with Gasteiger partial charge in [0.15, 0.2) is 0 Å². The SMILES string of the molecule is CCc1ccc(Nc2ncc(C(=O)NCCc3ccccc3OC)cn2)cc1. The standard InChI is InChI=1S/C22H24N4O2/c1-3-16-8-10-19(11-9-16)26-22-24-14-18(15-25-22)21(27)23-13-12-17-6-4-5-7-20(17)28-2/h4-11,14-15H,3,12-13H2,1-2H3,(H,23,27)(H,24,25,26). The van der Waals surface area contributed by atoms with Crippen molar-refractivity contribution in [2.24, 2.45) is 0 Å². The number of carbonyl (C=O) groups is 1. The molecule has 1 aromatic heterocycles. The summed E-state index contributed by atoms with van der Waals surface area (Å²) in [6.45, 7) is 2.62. The Morgan fingerprint density at radius 1 is 1.04 bits per heavy atom. The molecule has 0 radical (unpaired) electrons. The third kappa shape index (κ3) is 5.07. The minimum Gasteiger partial charge on any atom is -0.496 e. The molecular formula is C22H24N4O2. The second kappa shape index (κ2) is 9.50. The minimum absolute atomic E-state index is 0.200. The van der Waals surface area contributed by atoms with E-state index >= 15 is 0 Å². The number of hydrogen-bond donors (Lipinski definition) is 2. The Morgan fingerprint density at radius 2 is 1.75 bits per heavy atom. The molecule has 6 heteroatoms. The highest BCUT2D eigenvalue weighted by Crippen LogP contribution is 2.17. The van der Waals surface area contributed by atoms with Crippen molar-refractivity contribution in [2.75, 3.05) is 19.0 Å². The van der Waals surface area contributed by atoms with Gasteiger partial charge in [0.25, 0.3) is 5.91 Å². The van der Waals surface area contributed by atoms with Gasteiger partial charge in [-0.25, -0.2) is 9.97 Å². The van der Waals surface area contributed by atoms with Crippen molar-refractivity contribution in [3.8, 4) is 5.75 Å². The normalized spacial score (nSPS) is 10.4. The van der Waals surface area contributed by atoms with Crippen LogP contribution in [-0.2, 0) is 12.8 Å². The summed E-state index contributed by atoms with van der Waals surface area (Å²) in [7, 11) is 1.64. The molecule has 0 fully saturated rings. The second-order valence-corrected chi connectivity index (χ2v) is 6.29. The lowest BCUT2D eigenvalue weighted by Crippen LogP contribution is -2.26. The number of para-hydroxylation sites is 1.